The topological polar surface area (TPSA) is 62.5 Å². The molecule has 0 amide bonds. The molecule has 3 rings (SSSR count). The van der Waals surface area contributed by atoms with Gasteiger partial charge in [0.2, 0.25) is 6.04 Å². The molecule has 3 aromatic rings. The summed E-state index contributed by atoms with van der Waals surface area (Å²) in [7, 11) is 0. The van der Waals surface area contributed by atoms with Gasteiger partial charge in [-0.25, -0.2) is 0 Å². The van der Waals surface area contributed by atoms with Gasteiger partial charge < -0.3 is 23.3 Å². The Morgan fingerprint density at radius 1 is 0.833 bits per heavy atom. The van der Waals surface area contributed by atoms with Crippen molar-refractivity contribution in [3.8, 4) is 0 Å². The number of nitrogens with zero attached hydrogens (tertiary/aromatic N) is 2. The van der Waals surface area contributed by atoms with Crippen LogP contribution in [0.5, 0.6) is 0 Å². The summed E-state index contributed by atoms with van der Waals surface area (Å²) < 4.78 is 2.11. The molecule has 4 nitrogen and oxygen atoms in total. The fraction of sp³-hybridized carbons (Fsp3) is 0.0526. The number of aromatic nitrogens is 1. The van der Waals surface area contributed by atoms with E-state index in [2.05, 4.69) is 34.0 Å². The molecule has 1 heterocycles. The average Bonchev–Trinajstić information content (AvgIpc) is 2.64. The maximum Gasteiger partial charge on any atom is 0.208 e. The Balaban J connectivity index is 0.00000208. The van der Waals surface area contributed by atoms with Crippen LogP contribution in [-0.2, 0) is 0 Å². The number of amidine groups is 1. The van der Waals surface area contributed by atoms with E-state index >= 15 is 0 Å². The first-order valence-corrected chi connectivity index (χ1v) is 7.38. The average molecular weight is 340 g/mol. The number of pyridine rings is 1. The highest BCUT2D eigenvalue weighted by Gasteiger charge is 2.22. The number of nitrogens with two attached hydrogens (primary N) is 1. The molecular weight excluding hydrogens is 322 g/mol. The van der Waals surface area contributed by atoms with Crippen molar-refractivity contribution in [3.63, 3.8) is 0 Å². The summed E-state index contributed by atoms with van der Waals surface area (Å²) in [5.41, 5.74) is 8.71. The molecule has 0 aliphatic carbocycles. The predicted molar refractivity (Wildman–Crippen MR) is 89.3 cm³/mol. The highest BCUT2D eigenvalue weighted by atomic mass is 35.5. The van der Waals surface area contributed by atoms with E-state index < -0.39 is 0 Å². The predicted octanol–water partition coefficient (Wildman–Crippen LogP) is -0.290. The molecule has 24 heavy (non-hydrogen) atoms. The first kappa shape index (κ1) is 17.5. The van der Waals surface area contributed by atoms with Crippen molar-refractivity contribution in [1.29, 1.82) is 0 Å². The fourth-order valence-corrected chi connectivity index (χ4v) is 2.65. The summed E-state index contributed by atoms with van der Waals surface area (Å²) in [5, 5.41) is 11.8. The summed E-state index contributed by atoms with van der Waals surface area (Å²) in [6, 6.07) is 24.4. The van der Waals surface area contributed by atoms with Crippen LogP contribution in [0.25, 0.3) is 0 Å². The molecule has 0 bridgehead atoms. The monoisotopic (exact) mass is 339 g/mol. The maximum atomic E-state index is 8.78. The van der Waals surface area contributed by atoms with E-state index in [1.54, 1.807) is 0 Å². The van der Waals surface area contributed by atoms with Crippen LogP contribution in [0, 0.1) is 0 Å². The van der Waals surface area contributed by atoms with Crippen molar-refractivity contribution in [2.24, 2.45) is 10.9 Å². The zero-order valence-corrected chi connectivity index (χ0v) is 13.7. The van der Waals surface area contributed by atoms with Crippen LogP contribution in [0.3, 0.4) is 0 Å². The Morgan fingerprint density at radius 3 is 1.71 bits per heavy atom. The van der Waals surface area contributed by atoms with E-state index in [9.17, 15) is 0 Å². The number of halogens is 1. The molecule has 0 atom stereocenters. The van der Waals surface area contributed by atoms with E-state index in [4.69, 9.17) is 10.9 Å². The van der Waals surface area contributed by atoms with E-state index in [-0.39, 0.29) is 24.3 Å². The molecule has 3 N–H and O–H groups in total. The van der Waals surface area contributed by atoms with Crippen molar-refractivity contribution in [3.05, 3.63) is 102 Å². The molecule has 5 heteroatoms. The minimum Gasteiger partial charge on any atom is -1.00 e. The SMILES string of the molecule is N/C(=N\O)c1cc[n+](C(c2ccccc2)c2ccccc2)cc1.[Cl-]. The molecule has 0 radical (unpaired) electrons. The van der Waals surface area contributed by atoms with Crippen LogP contribution in [0.4, 0.5) is 0 Å². The molecule has 0 saturated carbocycles. The molecule has 0 aliphatic rings. The van der Waals surface area contributed by atoms with Gasteiger partial charge in [0.25, 0.3) is 0 Å². The largest absolute Gasteiger partial charge is 1.00 e. The lowest BCUT2D eigenvalue weighted by Gasteiger charge is -2.13. The highest BCUT2D eigenvalue weighted by molar-refractivity contribution is 5.96. The summed E-state index contributed by atoms with van der Waals surface area (Å²) in [6.45, 7) is 0. The van der Waals surface area contributed by atoms with Crippen molar-refractivity contribution in [1.82, 2.24) is 0 Å². The molecule has 0 unspecified atom stereocenters. The van der Waals surface area contributed by atoms with Crippen molar-refractivity contribution in [2.45, 2.75) is 6.04 Å². The second kappa shape index (κ2) is 8.13. The normalized spacial score (nSPS) is 11.1. The van der Waals surface area contributed by atoms with Crippen LogP contribution >= 0.6 is 0 Å². The third kappa shape index (κ3) is 3.73. The van der Waals surface area contributed by atoms with Gasteiger partial charge in [0, 0.05) is 28.8 Å². The maximum absolute atomic E-state index is 8.78. The van der Waals surface area contributed by atoms with Crippen LogP contribution in [0.1, 0.15) is 22.7 Å². The summed E-state index contributed by atoms with van der Waals surface area (Å²) >= 11 is 0. The van der Waals surface area contributed by atoms with Crippen molar-refractivity contribution < 1.29 is 22.2 Å². The van der Waals surface area contributed by atoms with Gasteiger partial charge in [-0.2, -0.15) is 4.57 Å². The van der Waals surface area contributed by atoms with Gasteiger partial charge in [0.1, 0.15) is 0 Å². The molecule has 0 aliphatic heterocycles. The summed E-state index contributed by atoms with van der Waals surface area (Å²) in [6.07, 6.45) is 3.88. The molecule has 0 saturated heterocycles. The first-order valence-electron chi connectivity index (χ1n) is 7.38. The quantitative estimate of drug-likeness (QED) is 0.226. The van der Waals surface area contributed by atoms with Crippen LogP contribution < -0.4 is 22.7 Å². The summed E-state index contributed by atoms with van der Waals surface area (Å²) in [4.78, 5) is 0. The number of hydrogen-bond acceptors (Lipinski definition) is 2. The number of hydrogen-bond donors (Lipinski definition) is 2. The minimum atomic E-state index is 0. The van der Waals surface area contributed by atoms with Crippen molar-refractivity contribution in [2.75, 3.05) is 0 Å². The van der Waals surface area contributed by atoms with Crippen LogP contribution in [0.2, 0.25) is 0 Å². The van der Waals surface area contributed by atoms with E-state index in [0.717, 1.165) is 0 Å². The van der Waals surface area contributed by atoms with Gasteiger partial charge in [-0.1, -0.05) is 65.8 Å². The Morgan fingerprint density at radius 2 is 1.29 bits per heavy atom. The fourth-order valence-electron chi connectivity index (χ4n) is 2.65. The van der Waals surface area contributed by atoms with Gasteiger partial charge in [0.15, 0.2) is 18.2 Å². The Hall–Kier alpha value is -2.85. The van der Waals surface area contributed by atoms with Gasteiger partial charge in [-0.05, 0) is 0 Å². The second-order valence-electron chi connectivity index (χ2n) is 5.24. The van der Waals surface area contributed by atoms with Gasteiger partial charge in [-0.15, -0.1) is 0 Å². The molecule has 0 fully saturated rings. The number of rotatable bonds is 4. The second-order valence-corrected chi connectivity index (χ2v) is 5.24. The third-order valence-electron chi connectivity index (χ3n) is 3.78. The van der Waals surface area contributed by atoms with Crippen LogP contribution in [-0.4, -0.2) is 11.0 Å². The molecular formula is C19H18ClN3O. The lowest BCUT2D eigenvalue weighted by atomic mass is 9.98. The highest BCUT2D eigenvalue weighted by Crippen LogP contribution is 2.21. The van der Waals surface area contributed by atoms with E-state index in [1.165, 1.54) is 11.1 Å². The number of benzene rings is 2. The van der Waals surface area contributed by atoms with Gasteiger partial charge in [-0.3, -0.25) is 0 Å². The Kier molecular flexibility index (Phi) is 5.93. The molecule has 1 aromatic heterocycles. The third-order valence-corrected chi connectivity index (χ3v) is 3.78. The molecule has 122 valence electrons. The van der Waals surface area contributed by atoms with Gasteiger partial charge in [0.05, 0.1) is 0 Å². The lowest BCUT2D eigenvalue weighted by molar-refractivity contribution is -0.704. The van der Waals surface area contributed by atoms with Gasteiger partial charge >= 0.3 is 0 Å². The standard InChI is InChI=1S/C19H17N3O.ClH/c20-19(21-23)17-11-13-22(14-12-17)18(15-7-3-1-4-8-15)16-9-5-2-6-10-16;/h1-14,18H,20H2;1H. The molecule has 2 aromatic carbocycles. The number of oxime groups is 1. The van der Waals surface area contributed by atoms with E-state index in [0.29, 0.717) is 5.56 Å². The Labute approximate surface area is 147 Å². The zero-order valence-electron chi connectivity index (χ0n) is 13.0. The Bertz CT molecular complexity index is 750. The summed E-state index contributed by atoms with van der Waals surface area (Å²) in [5.74, 6) is 0.105. The van der Waals surface area contributed by atoms with E-state index in [1.807, 2.05) is 60.9 Å². The smallest absolute Gasteiger partial charge is 0.208 e. The first-order chi connectivity index (χ1) is 11.3. The van der Waals surface area contributed by atoms with Crippen molar-refractivity contribution >= 4 is 5.84 Å². The zero-order chi connectivity index (χ0) is 16.1. The molecule has 0 spiro atoms. The lowest BCUT2D eigenvalue weighted by Crippen LogP contribution is -3.00. The minimum absolute atomic E-state index is 0. The van der Waals surface area contributed by atoms with Crippen LogP contribution in [0.15, 0.2) is 90.3 Å².